The van der Waals surface area contributed by atoms with E-state index in [0.29, 0.717) is 24.1 Å². The Labute approximate surface area is 152 Å². The Bertz CT molecular complexity index is 616. The number of anilines is 1. The molecule has 3 rings (SSSR count). The van der Waals surface area contributed by atoms with Crippen molar-refractivity contribution in [2.75, 3.05) is 18.4 Å². The van der Waals surface area contributed by atoms with Gasteiger partial charge in [0.25, 0.3) is 0 Å². The number of carbonyl (C=O) groups is 2. The second-order valence-electron chi connectivity index (χ2n) is 7.07. The van der Waals surface area contributed by atoms with Crippen LogP contribution in [-0.4, -0.2) is 46.2 Å². The number of nitrogens with one attached hydrogen (secondary N) is 2. The molecule has 1 saturated heterocycles. The molecule has 1 aliphatic carbocycles. The summed E-state index contributed by atoms with van der Waals surface area (Å²) < 4.78 is 0. The van der Waals surface area contributed by atoms with Crippen LogP contribution in [0.1, 0.15) is 63.3 Å². The molecule has 0 spiro atoms. The highest BCUT2D eigenvalue weighted by atomic mass is 32.1. The Morgan fingerprint density at radius 2 is 2.04 bits per heavy atom. The fraction of sp³-hybridized carbons (Fsp3) is 0.765. The molecule has 25 heavy (non-hydrogen) atoms. The van der Waals surface area contributed by atoms with Crippen molar-refractivity contribution in [3.05, 3.63) is 5.01 Å². The van der Waals surface area contributed by atoms with Gasteiger partial charge in [-0.05, 0) is 39.0 Å². The van der Waals surface area contributed by atoms with E-state index in [4.69, 9.17) is 0 Å². The third-order valence-electron chi connectivity index (χ3n) is 4.92. The molecule has 3 amide bonds. The van der Waals surface area contributed by atoms with Crippen molar-refractivity contribution in [3.63, 3.8) is 0 Å². The van der Waals surface area contributed by atoms with Gasteiger partial charge in [0, 0.05) is 25.0 Å². The molecule has 1 aromatic heterocycles. The number of hydrogen-bond acceptors (Lipinski definition) is 5. The molecule has 138 valence electrons. The van der Waals surface area contributed by atoms with E-state index in [-0.39, 0.29) is 23.9 Å². The zero-order valence-corrected chi connectivity index (χ0v) is 15.8. The number of nitrogens with zero attached hydrogens (tertiary/aromatic N) is 3. The molecular weight excluding hydrogens is 338 g/mol. The number of carbonyl (C=O) groups excluding carboxylic acids is 2. The lowest BCUT2D eigenvalue weighted by Gasteiger charge is -2.37. The number of aromatic nitrogens is 2. The molecule has 2 N–H and O–H groups in total. The summed E-state index contributed by atoms with van der Waals surface area (Å²) in [7, 11) is 0. The molecule has 0 radical (unpaired) electrons. The molecular formula is C17H27N5O2S. The first-order valence-electron chi connectivity index (χ1n) is 9.27. The van der Waals surface area contributed by atoms with Crippen LogP contribution in [0.4, 0.5) is 9.93 Å². The Hall–Kier alpha value is -1.70. The van der Waals surface area contributed by atoms with Gasteiger partial charge in [-0.1, -0.05) is 24.7 Å². The molecule has 7 nitrogen and oxygen atoms in total. The van der Waals surface area contributed by atoms with Gasteiger partial charge in [-0.2, -0.15) is 0 Å². The number of amides is 3. The summed E-state index contributed by atoms with van der Waals surface area (Å²) in [5.41, 5.74) is 0. The standard InChI is InChI=1S/C17H27N5O2S/c1-3-4-9-18-14(23)13-6-5-11(2)22(10-13)17(24)19-16-21-20-15(25-16)12-7-8-12/h11-13H,3-10H2,1-2H3,(H,18,23)(H,19,21,24)/t11-,13+/m0/s1. The van der Waals surface area contributed by atoms with Gasteiger partial charge in [0.15, 0.2) is 0 Å². The molecule has 2 fully saturated rings. The zero-order chi connectivity index (χ0) is 17.8. The largest absolute Gasteiger partial charge is 0.356 e. The third kappa shape index (κ3) is 4.68. The monoisotopic (exact) mass is 365 g/mol. The molecule has 1 aliphatic heterocycles. The first kappa shape index (κ1) is 18.1. The first-order chi connectivity index (χ1) is 12.1. The summed E-state index contributed by atoms with van der Waals surface area (Å²) >= 11 is 1.46. The van der Waals surface area contributed by atoms with Crippen LogP contribution in [-0.2, 0) is 4.79 Å². The molecule has 0 unspecified atom stereocenters. The third-order valence-corrected chi connectivity index (χ3v) is 5.93. The highest BCUT2D eigenvalue weighted by molar-refractivity contribution is 7.15. The first-order valence-corrected chi connectivity index (χ1v) is 10.1. The smallest absolute Gasteiger partial charge is 0.323 e. The predicted octanol–water partition coefficient (Wildman–Crippen LogP) is 2.96. The van der Waals surface area contributed by atoms with E-state index < -0.39 is 0 Å². The number of unbranched alkanes of at least 4 members (excludes halogenated alkanes) is 1. The Balaban J connectivity index is 1.54. The second-order valence-corrected chi connectivity index (χ2v) is 8.08. The average molecular weight is 366 g/mol. The average Bonchev–Trinajstić information content (AvgIpc) is 3.35. The van der Waals surface area contributed by atoms with Crippen molar-refractivity contribution in [3.8, 4) is 0 Å². The van der Waals surface area contributed by atoms with E-state index in [0.717, 1.165) is 30.7 Å². The number of likely N-dealkylation sites (tertiary alicyclic amines) is 1. The van der Waals surface area contributed by atoms with Crippen molar-refractivity contribution in [2.24, 2.45) is 5.92 Å². The summed E-state index contributed by atoms with van der Waals surface area (Å²) in [6.07, 6.45) is 6.04. The van der Waals surface area contributed by atoms with Gasteiger partial charge in [0.05, 0.1) is 5.92 Å². The molecule has 2 atom stereocenters. The van der Waals surface area contributed by atoms with E-state index >= 15 is 0 Å². The normalized spacial score (nSPS) is 23.4. The van der Waals surface area contributed by atoms with Crippen molar-refractivity contribution in [1.29, 1.82) is 0 Å². The van der Waals surface area contributed by atoms with Crippen molar-refractivity contribution >= 4 is 28.4 Å². The number of urea groups is 1. The van der Waals surface area contributed by atoms with Crippen LogP contribution in [0.3, 0.4) is 0 Å². The van der Waals surface area contributed by atoms with Crippen LogP contribution in [0.2, 0.25) is 0 Å². The molecule has 2 heterocycles. The number of rotatable bonds is 6. The highest BCUT2D eigenvalue weighted by Gasteiger charge is 2.33. The highest BCUT2D eigenvalue weighted by Crippen LogP contribution is 2.42. The summed E-state index contributed by atoms with van der Waals surface area (Å²) in [5.74, 6) is 0.466. The van der Waals surface area contributed by atoms with Crippen LogP contribution in [0, 0.1) is 5.92 Å². The lowest BCUT2D eigenvalue weighted by Crippen LogP contribution is -2.50. The maximum absolute atomic E-state index is 12.6. The maximum Gasteiger partial charge on any atom is 0.323 e. The van der Waals surface area contributed by atoms with Crippen LogP contribution < -0.4 is 10.6 Å². The number of piperidine rings is 1. The minimum absolute atomic E-state index is 0.0603. The topological polar surface area (TPSA) is 87.2 Å². The van der Waals surface area contributed by atoms with E-state index in [1.807, 2.05) is 6.92 Å². The lowest BCUT2D eigenvalue weighted by atomic mass is 9.93. The van der Waals surface area contributed by atoms with Gasteiger partial charge in [0.2, 0.25) is 11.0 Å². The van der Waals surface area contributed by atoms with E-state index in [2.05, 4.69) is 27.8 Å². The van der Waals surface area contributed by atoms with Gasteiger partial charge < -0.3 is 10.2 Å². The van der Waals surface area contributed by atoms with Crippen LogP contribution in [0.15, 0.2) is 0 Å². The lowest BCUT2D eigenvalue weighted by molar-refractivity contribution is -0.126. The minimum Gasteiger partial charge on any atom is -0.356 e. The summed E-state index contributed by atoms with van der Waals surface area (Å²) in [5, 5.41) is 15.6. The van der Waals surface area contributed by atoms with E-state index in [1.54, 1.807) is 4.90 Å². The molecule has 0 aromatic carbocycles. The van der Waals surface area contributed by atoms with Crippen LogP contribution in [0.5, 0.6) is 0 Å². The van der Waals surface area contributed by atoms with Crippen molar-refractivity contribution in [1.82, 2.24) is 20.4 Å². The molecule has 0 bridgehead atoms. The van der Waals surface area contributed by atoms with Crippen LogP contribution >= 0.6 is 11.3 Å². The second kappa shape index (κ2) is 8.12. The van der Waals surface area contributed by atoms with Gasteiger partial charge >= 0.3 is 6.03 Å². The van der Waals surface area contributed by atoms with Gasteiger partial charge in [0.1, 0.15) is 5.01 Å². The molecule has 8 heteroatoms. The summed E-state index contributed by atoms with van der Waals surface area (Å²) in [6.45, 7) is 5.30. The van der Waals surface area contributed by atoms with Crippen LogP contribution in [0.25, 0.3) is 0 Å². The summed E-state index contributed by atoms with van der Waals surface area (Å²) in [4.78, 5) is 26.7. The quantitative estimate of drug-likeness (QED) is 0.759. The fourth-order valence-electron chi connectivity index (χ4n) is 3.08. The minimum atomic E-state index is -0.183. The fourth-order valence-corrected chi connectivity index (χ4v) is 3.98. The molecule has 1 aromatic rings. The summed E-state index contributed by atoms with van der Waals surface area (Å²) in [6, 6.07) is -0.0624. The Kier molecular flexibility index (Phi) is 5.88. The van der Waals surface area contributed by atoms with Gasteiger partial charge in [-0.25, -0.2) is 4.79 Å². The predicted molar refractivity (Wildman–Crippen MR) is 97.7 cm³/mol. The van der Waals surface area contributed by atoms with Crippen molar-refractivity contribution in [2.45, 2.75) is 64.3 Å². The Morgan fingerprint density at radius 3 is 2.76 bits per heavy atom. The van der Waals surface area contributed by atoms with Gasteiger partial charge in [-0.15, -0.1) is 10.2 Å². The number of hydrogen-bond donors (Lipinski definition) is 2. The van der Waals surface area contributed by atoms with Crippen molar-refractivity contribution < 1.29 is 9.59 Å². The zero-order valence-electron chi connectivity index (χ0n) is 15.0. The maximum atomic E-state index is 12.6. The molecule has 1 saturated carbocycles. The SMILES string of the molecule is CCCCNC(=O)[C@@H]1CC[C@H](C)N(C(=O)Nc2nnc(C3CC3)s2)C1. The Morgan fingerprint density at radius 1 is 1.24 bits per heavy atom. The van der Waals surface area contributed by atoms with E-state index in [9.17, 15) is 9.59 Å². The molecule has 2 aliphatic rings. The van der Waals surface area contributed by atoms with E-state index in [1.165, 1.54) is 24.2 Å². The van der Waals surface area contributed by atoms with Gasteiger partial charge in [-0.3, -0.25) is 10.1 Å².